The summed E-state index contributed by atoms with van der Waals surface area (Å²) in [6.07, 6.45) is 0.162. The van der Waals surface area contributed by atoms with E-state index in [-0.39, 0.29) is 12.0 Å². The van der Waals surface area contributed by atoms with Crippen LogP contribution in [0, 0.1) is 0 Å². The Balaban J connectivity index is 2.18. The van der Waals surface area contributed by atoms with Gasteiger partial charge in [-0.2, -0.15) is 0 Å². The number of ether oxygens (including phenoxy) is 1. The molecule has 138 valence electrons. The molecule has 3 aromatic rings. The van der Waals surface area contributed by atoms with Crippen LogP contribution in [-0.4, -0.2) is 34.3 Å². The maximum atomic E-state index is 13.1. The number of carbonyl (C=O) groups is 2. The van der Waals surface area contributed by atoms with E-state index in [0.29, 0.717) is 33.1 Å². The molecule has 0 atom stereocenters. The topological polar surface area (TPSA) is 104 Å². The van der Waals surface area contributed by atoms with E-state index in [9.17, 15) is 14.4 Å². The maximum Gasteiger partial charge on any atom is 0.337 e. The lowest BCUT2D eigenvalue weighted by Gasteiger charge is -2.13. The third-order valence-corrected chi connectivity index (χ3v) is 4.79. The van der Waals surface area contributed by atoms with E-state index in [1.54, 1.807) is 18.2 Å². The van der Waals surface area contributed by atoms with Crippen LogP contribution in [0.4, 0.5) is 0 Å². The number of fused-ring (bicyclic) bond motifs is 1. The summed E-state index contributed by atoms with van der Waals surface area (Å²) in [6, 6.07) is 13.7. The number of rotatable bonds is 6. The largest absolute Gasteiger partial charge is 0.465 e. The van der Waals surface area contributed by atoms with E-state index < -0.39 is 11.9 Å². The highest BCUT2D eigenvalue weighted by atomic mass is 32.2. The van der Waals surface area contributed by atoms with Crippen LogP contribution in [0.2, 0.25) is 0 Å². The van der Waals surface area contributed by atoms with Gasteiger partial charge in [0.1, 0.15) is 0 Å². The number of hydrogen-bond donors (Lipinski definition) is 1. The molecule has 0 aliphatic heterocycles. The van der Waals surface area contributed by atoms with Crippen LogP contribution < -0.4 is 11.3 Å². The van der Waals surface area contributed by atoms with E-state index in [4.69, 9.17) is 10.5 Å². The predicted octanol–water partition coefficient (Wildman–Crippen LogP) is 2.14. The van der Waals surface area contributed by atoms with Crippen LogP contribution in [0.3, 0.4) is 0 Å². The minimum atomic E-state index is -0.506. The second-order valence-electron chi connectivity index (χ2n) is 5.66. The number of aromatic nitrogens is 2. The van der Waals surface area contributed by atoms with E-state index >= 15 is 0 Å². The smallest absolute Gasteiger partial charge is 0.337 e. The van der Waals surface area contributed by atoms with Gasteiger partial charge in [-0.1, -0.05) is 30.0 Å². The molecule has 3 rings (SSSR count). The Morgan fingerprint density at radius 3 is 2.59 bits per heavy atom. The quantitative estimate of drug-likeness (QED) is 0.397. The fourth-order valence-corrected chi connectivity index (χ4v) is 3.52. The molecule has 0 spiro atoms. The molecule has 0 aliphatic carbocycles. The van der Waals surface area contributed by atoms with Crippen LogP contribution >= 0.6 is 11.8 Å². The Kier molecular flexibility index (Phi) is 5.56. The highest BCUT2D eigenvalue weighted by molar-refractivity contribution is 7.99. The van der Waals surface area contributed by atoms with Crippen LogP contribution in [0.25, 0.3) is 16.6 Å². The van der Waals surface area contributed by atoms with Crippen molar-refractivity contribution in [2.75, 3.05) is 12.9 Å². The number of amides is 1. The van der Waals surface area contributed by atoms with Crippen molar-refractivity contribution < 1.29 is 14.3 Å². The van der Waals surface area contributed by atoms with Crippen LogP contribution in [0.1, 0.15) is 16.8 Å². The number of nitrogens with zero attached hydrogens (tertiary/aromatic N) is 2. The van der Waals surface area contributed by atoms with Gasteiger partial charge in [-0.05, 0) is 30.3 Å². The monoisotopic (exact) mass is 383 g/mol. The summed E-state index contributed by atoms with van der Waals surface area (Å²) >= 11 is 1.25. The first-order chi connectivity index (χ1) is 13.0. The average Bonchev–Trinajstić information content (AvgIpc) is 2.67. The molecule has 2 N–H and O–H groups in total. The first kappa shape index (κ1) is 18.7. The standard InChI is InChI=1S/C19H17N3O4S/c1-26-18(25)12-7-8-14-15(11-12)21-19(27-10-9-16(20)23)22(17(14)24)13-5-3-2-4-6-13/h2-8,11H,9-10H2,1H3,(H2,20,23). The third kappa shape index (κ3) is 4.01. The Bertz CT molecular complexity index is 1060. The first-order valence-electron chi connectivity index (χ1n) is 8.13. The van der Waals surface area contributed by atoms with E-state index in [1.165, 1.54) is 35.6 Å². The van der Waals surface area contributed by atoms with Gasteiger partial charge < -0.3 is 10.5 Å². The second-order valence-corrected chi connectivity index (χ2v) is 6.72. The molecule has 1 amide bonds. The van der Waals surface area contributed by atoms with Gasteiger partial charge in [0.2, 0.25) is 5.91 Å². The number of thioether (sulfide) groups is 1. The molecule has 1 aromatic heterocycles. The van der Waals surface area contributed by atoms with Crippen LogP contribution in [0.15, 0.2) is 58.5 Å². The number of para-hydroxylation sites is 1. The number of esters is 1. The lowest BCUT2D eigenvalue weighted by atomic mass is 10.1. The molecule has 8 heteroatoms. The third-order valence-electron chi connectivity index (χ3n) is 3.85. The second kappa shape index (κ2) is 8.05. The van der Waals surface area contributed by atoms with Crippen molar-refractivity contribution in [3.63, 3.8) is 0 Å². The fraction of sp³-hybridized carbons (Fsp3) is 0.158. The van der Waals surface area contributed by atoms with Crippen molar-refractivity contribution in [3.05, 3.63) is 64.4 Å². The highest BCUT2D eigenvalue weighted by Crippen LogP contribution is 2.22. The van der Waals surface area contributed by atoms with Gasteiger partial charge in [-0.15, -0.1) is 0 Å². The number of carbonyl (C=O) groups excluding carboxylic acids is 2. The highest BCUT2D eigenvalue weighted by Gasteiger charge is 2.15. The van der Waals surface area contributed by atoms with Gasteiger partial charge in [-0.3, -0.25) is 14.2 Å². The lowest BCUT2D eigenvalue weighted by Crippen LogP contribution is -2.22. The first-order valence-corrected chi connectivity index (χ1v) is 9.11. The molecule has 0 saturated carbocycles. The van der Waals surface area contributed by atoms with Crippen molar-refractivity contribution >= 4 is 34.5 Å². The number of hydrogen-bond acceptors (Lipinski definition) is 6. The van der Waals surface area contributed by atoms with Gasteiger partial charge in [-0.25, -0.2) is 9.78 Å². The zero-order valence-corrected chi connectivity index (χ0v) is 15.4. The Labute approximate surface area is 159 Å². The summed E-state index contributed by atoms with van der Waals surface area (Å²) in [4.78, 5) is 40.5. The minimum absolute atomic E-state index is 0.162. The molecule has 0 aliphatic rings. The summed E-state index contributed by atoms with van der Waals surface area (Å²) in [5.74, 6) is -0.546. The van der Waals surface area contributed by atoms with Gasteiger partial charge in [0.25, 0.3) is 5.56 Å². The summed E-state index contributed by atoms with van der Waals surface area (Å²) < 4.78 is 6.22. The minimum Gasteiger partial charge on any atom is -0.465 e. The Hall–Kier alpha value is -3.13. The van der Waals surface area contributed by atoms with E-state index in [0.717, 1.165) is 0 Å². The zero-order chi connectivity index (χ0) is 19.4. The molecular weight excluding hydrogens is 366 g/mol. The molecule has 1 heterocycles. The van der Waals surface area contributed by atoms with Crippen molar-refractivity contribution in [2.24, 2.45) is 5.73 Å². The number of nitrogens with two attached hydrogens (primary N) is 1. The average molecular weight is 383 g/mol. The summed E-state index contributed by atoms with van der Waals surface area (Å²) in [5.41, 5.74) is 6.30. The number of methoxy groups -OCH3 is 1. The van der Waals surface area contributed by atoms with Gasteiger partial charge >= 0.3 is 5.97 Å². The zero-order valence-electron chi connectivity index (χ0n) is 14.5. The van der Waals surface area contributed by atoms with E-state index in [1.807, 2.05) is 18.2 Å². The van der Waals surface area contributed by atoms with Crippen molar-refractivity contribution in [1.29, 1.82) is 0 Å². The SMILES string of the molecule is COC(=O)c1ccc2c(=O)n(-c3ccccc3)c(SCCC(N)=O)nc2c1. The Morgan fingerprint density at radius 1 is 1.19 bits per heavy atom. The van der Waals surface area contributed by atoms with E-state index in [2.05, 4.69) is 4.98 Å². The fourth-order valence-electron chi connectivity index (χ4n) is 2.55. The predicted molar refractivity (Wildman–Crippen MR) is 103 cm³/mol. The summed E-state index contributed by atoms with van der Waals surface area (Å²) in [6.45, 7) is 0. The van der Waals surface area contributed by atoms with Crippen molar-refractivity contribution in [3.8, 4) is 5.69 Å². The molecule has 0 bridgehead atoms. The van der Waals surface area contributed by atoms with Gasteiger partial charge in [0.05, 0.1) is 29.3 Å². The lowest BCUT2D eigenvalue weighted by molar-refractivity contribution is -0.117. The molecular formula is C19H17N3O4S. The van der Waals surface area contributed by atoms with Crippen molar-refractivity contribution in [2.45, 2.75) is 11.6 Å². The molecule has 0 radical (unpaired) electrons. The normalized spacial score (nSPS) is 10.7. The molecule has 0 saturated heterocycles. The number of primary amides is 1. The maximum absolute atomic E-state index is 13.1. The molecule has 0 unspecified atom stereocenters. The Morgan fingerprint density at radius 2 is 1.93 bits per heavy atom. The number of benzene rings is 2. The molecule has 27 heavy (non-hydrogen) atoms. The molecule has 7 nitrogen and oxygen atoms in total. The van der Waals surface area contributed by atoms with Gasteiger partial charge in [0, 0.05) is 12.2 Å². The molecule has 0 fully saturated rings. The van der Waals surface area contributed by atoms with Crippen LogP contribution in [-0.2, 0) is 9.53 Å². The van der Waals surface area contributed by atoms with Gasteiger partial charge in [0.15, 0.2) is 5.16 Å². The summed E-state index contributed by atoms with van der Waals surface area (Å²) in [7, 11) is 1.29. The van der Waals surface area contributed by atoms with Crippen molar-refractivity contribution in [1.82, 2.24) is 9.55 Å². The van der Waals surface area contributed by atoms with Crippen LogP contribution in [0.5, 0.6) is 0 Å². The summed E-state index contributed by atoms with van der Waals surface area (Å²) in [5, 5.41) is 0.799. The molecule has 2 aromatic carbocycles.